The number of alkyl halides is 3. The molecule has 0 aliphatic heterocycles. The monoisotopic (exact) mass is 491 g/mol. The van der Waals surface area contributed by atoms with Gasteiger partial charge in [-0.1, -0.05) is 90.6 Å². The first kappa shape index (κ1) is 24.9. The molecule has 152 valence electrons. The smallest absolute Gasteiger partial charge is 0.228 e. The molecule has 1 atom stereocenters. The lowest BCUT2D eigenvalue weighted by molar-refractivity contribution is -0.122. The number of carbonyl (C=O) groups excluding carboxylic acids is 1. The Balaban J connectivity index is 2.60. The second kappa shape index (κ2) is 12.4. The molecule has 0 unspecified atom stereocenters. The molecule has 0 saturated heterocycles. The van der Waals surface area contributed by atoms with Gasteiger partial charge in [0.25, 0.3) is 0 Å². The van der Waals surface area contributed by atoms with Crippen molar-refractivity contribution in [2.24, 2.45) is 0 Å². The van der Waals surface area contributed by atoms with Gasteiger partial charge in [0.2, 0.25) is 9.70 Å². The van der Waals surface area contributed by atoms with Gasteiger partial charge in [-0.2, -0.15) is 0 Å². The van der Waals surface area contributed by atoms with Gasteiger partial charge in [0, 0.05) is 11.4 Å². The Morgan fingerprint density at radius 2 is 1.78 bits per heavy atom. The first-order valence-electron chi connectivity index (χ1n) is 8.52. The lowest BCUT2D eigenvalue weighted by Crippen LogP contribution is -2.56. The Bertz CT molecular complexity index is 639. The zero-order valence-corrected chi connectivity index (χ0v) is 19.4. The molecule has 1 aromatic carbocycles. The number of amides is 1. The highest BCUT2D eigenvalue weighted by Gasteiger charge is 2.34. The first-order chi connectivity index (χ1) is 12.6. The van der Waals surface area contributed by atoms with E-state index in [-0.39, 0.29) is 11.0 Å². The molecule has 0 aliphatic rings. The third-order valence-corrected chi connectivity index (χ3v) is 5.03. The summed E-state index contributed by atoms with van der Waals surface area (Å²) in [5, 5.41) is 9.34. The van der Waals surface area contributed by atoms with Crippen LogP contribution < -0.4 is 16.0 Å². The van der Waals surface area contributed by atoms with E-state index < -0.39 is 9.96 Å². The third-order valence-electron chi connectivity index (χ3n) is 3.59. The predicted octanol–water partition coefficient (Wildman–Crippen LogP) is 6.45. The number of hydrogen-bond acceptors (Lipinski definition) is 2. The number of benzene rings is 1. The Morgan fingerprint density at radius 3 is 2.41 bits per heavy atom. The van der Waals surface area contributed by atoms with Crippen LogP contribution in [0.1, 0.15) is 45.4 Å². The van der Waals surface area contributed by atoms with Crippen LogP contribution >= 0.6 is 70.2 Å². The summed E-state index contributed by atoms with van der Waals surface area (Å²) in [5.41, 5.74) is 0.493. The second-order valence-corrected chi connectivity index (χ2v) is 9.55. The van der Waals surface area contributed by atoms with Crippen molar-refractivity contribution in [2.75, 3.05) is 5.32 Å². The Hall–Kier alpha value is -0.170. The molecule has 0 spiro atoms. The van der Waals surface area contributed by atoms with Crippen molar-refractivity contribution in [3.05, 3.63) is 28.2 Å². The molecule has 0 radical (unpaired) electrons. The number of unbranched alkanes of at least 4 members (excludes halogenated alkanes) is 4. The number of thiocarbonyl (C=S) groups is 1. The van der Waals surface area contributed by atoms with Crippen LogP contribution in [0.4, 0.5) is 5.69 Å². The molecule has 1 rings (SSSR count). The van der Waals surface area contributed by atoms with Crippen molar-refractivity contribution >= 4 is 86.9 Å². The van der Waals surface area contributed by atoms with E-state index in [9.17, 15) is 4.79 Å². The minimum Gasteiger partial charge on any atom is -0.339 e. The average Bonchev–Trinajstić information content (AvgIpc) is 2.56. The summed E-state index contributed by atoms with van der Waals surface area (Å²) in [6.07, 6.45) is 4.51. The standard InChI is InChI=1S/C17H22Cl5N3OS/c1-2-3-4-5-6-7-14(26)24-15(17(20,21)22)25-16(27)23-13-10-11(18)8-9-12(13)19/h8-10,15H,2-7H2,1H3,(H,24,26)(H2,23,25,27)/t15-/m1/s1. The van der Waals surface area contributed by atoms with Crippen molar-refractivity contribution in [3.63, 3.8) is 0 Å². The van der Waals surface area contributed by atoms with Crippen LogP contribution in [0.5, 0.6) is 0 Å². The van der Waals surface area contributed by atoms with E-state index in [0.29, 0.717) is 22.2 Å². The topological polar surface area (TPSA) is 53.2 Å². The number of nitrogens with one attached hydrogen (secondary N) is 3. The molecular weight excluding hydrogens is 472 g/mol. The fourth-order valence-electron chi connectivity index (χ4n) is 2.20. The van der Waals surface area contributed by atoms with Crippen molar-refractivity contribution in [1.82, 2.24) is 10.6 Å². The maximum atomic E-state index is 12.1. The summed E-state index contributed by atoms with van der Waals surface area (Å²) in [6.45, 7) is 2.14. The van der Waals surface area contributed by atoms with E-state index in [0.717, 1.165) is 32.1 Å². The van der Waals surface area contributed by atoms with Crippen molar-refractivity contribution in [3.8, 4) is 0 Å². The zero-order valence-electron chi connectivity index (χ0n) is 14.8. The molecular formula is C17H22Cl5N3OS. The fourth-order valence-corrected chi connectivity index (χ4v) is 3.10. The molecule has 1 aromatic rings. The van der Waals surface area contributed by atoms with Crippen molar-refractivity contribution in [1.29, 1.82) is 0 Å². The van der Waals surface area contributed by atoms with Crippen LogP contribution in [0.2, 0.25) is 10.0 Å². The van der Waals surface area contributed by atoms with Gasteiger partial charge in [-0.15, -0.1) is 0 Å². The number of hydrogen-bond donors (Lipinski definition) is 3. The quantitative estimate of drug-likeness (QED) is 0.160. The fraction of sp³-hybridized carbons (Fsp3) is 0.529. The van der Waals surface area contributed by atoms with Gasteiger partial charge < -0.3 is 16.0 Å². The summed E-state index contributed by atoms with van der Waals surface area (Å²) >= 11 is 35.2. The predicted molar refractivity (Wildman–Crippen MR) is 121 cm³/mol. The SMILES string of the molecule is CCCCCCCC(=O)N[C@H](NC(=S)Nc1cc(Cl)ccc1Cl)C(Cl)(Cl)Cl. The molecule has 0 fully saturated rings. The zero-order chi connectivity index (χ0) is 20.4. The summed E-state index contributed by atoms with van der Waals surface area (Å²) in [5.74, 6) is -0.223. The molecule has 10 heteroatoms. The van der Waals surface area contributed by atoms with Crippen molar-refractivity contribution in [2.45, 2.75) is 55.4 Å². The minimum absolute atomic E-state index is 0.124. The second-order valence-electron chi connectivity index (χ2n) is 5.93. The lowest BCUT2D eigenvalue weighted by atomic mass is 10.1. The molecule has 3 N–H and O–H groups in total. The number of anilines is 1. The van der Waals surface area contributed by atoms with E-state index in [1.54, 1.807) is 18.2 Å². The molecule has 0 aromatic heterocycles. The highest BCUT2D eigenvalue weighted by Crippen LogP contribution is 2.30. The largest absolute Gasteiger partial charge is 0.339 e. The van der Waals surface area contributed by atoms with Crippen LogP contribution in [-0.4, -0.2) is 21.0 Å². The van der Waals surface area contributed by atoms with Crippen LogP contribution in [0.15, 0.2) is 18.2 Å². The van der Waals surface area contributed by atoms with Crippen LogP contribution in [0, 0.1) is 0 Å². The van der Waals surface area contributed by atoms with E-state index in [4.69, 9.17) is 70.2 Å². The first-order valence-corrected chi connectivity index (χ1v) is 10.8. The molecule has 0 saturated carbocycles. The normalized spacial score (nSPS) is 12.4. The van der Waals surface area contributed by atoms with Crippen LogP contribution in [0.25, 0.3) is 0 Å². The van der Waals surface area contributed by atoms with Crippen LogP contribution in [-0.2, 0) is 4.79 Å². The van der Waals surface area contributed by atoms with Gasteiger partial charge in [0.05, 0.1) is 10.7 Å². The van der Waals surface area contributed by atoms with Gasteiger partial charge in [0.1, 0.15) is 6.17 Å². The Kier molecular flexibility index (Phi) is 11.4. The Labute approximate surface area is 190 Å². The van der Waals surface area contributed by atoms with Crippen molar-refractivity contribution < 1.29 is 4.79 Å². The summed E-state index contributed by atoms with van der Waals surface area (Å²) in [4.78, 5) is 12.1. The summed E-state index contributed by atoms with van der Waals surface area (Å²) in [6, 6.07) is 4.88. The highest BCUT2D eigenvalue weighted by molar-refractivity contribution is 7.80. The average molecular weight is 494 g/mol. The lowest BCUT2D eigenvalue weighted by Gasteiger charge is -2.28. The van der Waals surface area contributed by atoms with Gasteiger partial charge >= 0.3 is 0 Å². The molecule has 1 amide bonds. The molecule has 0 aliphatic carbocycles. The number of rotatable bonds is 9. The van der Waals surface area contributed by atoms with Gasteiger partial charge in [0.15, 0.2) is 5.11 Å². The highest BCUT2D eigenvalue weighted by atomic mass is 35.6. The summed E-state index contributed by atoms with van der Waals surface area (Å²) < 4.78 is -1.80. The van der Waals surface area contributed by atoms with E-state index in [1.165, 1.54) is 0 Å². The molecule has 0 heterocycles. The van der Waals surface area contributed by atoms with E-state index in [1.807, 2.05) is 0 Å². The number of carbonyl (C=O) groups is 1. The molecule has 4 nitrogen and oxygen atoms in total. The third kappa shape index (κ3) is 10.2. The molecule has 27 heavy (non-hydrogen) atoms. The van der Waals surface area contributed by atoms with E-state index in [2.05, 4.69) is 22.9 Å². The van der Waals surface area contributed by atoms with Crippen LogP contribution in [0.3, 0.4) is 0 Å². The van der Waals surface area contributed by atoms with Gasteiger partial charge in [-0.3, -0.25) is 4.79 Å². The maximum absolute atomic E-state index is 12.1. The number of halogens is 5. The van der Waals surface area contributed by atoms with Gasteiger partial charge in [-0.25, -0.2) is 0 Å². The van der Waals surface area contributed by atoms with E-state index >= 15 is 0 Å². The maximum Gasteiger partial charge on any atom is 0.228 e. The minimum atomic E-state index is -1.80. The molecule has 0 bridgehead atoms. The summed E-state index contributed by atoms with van der Waals surface area (Å²) in [7, 11) is 0. The Morgan fingerprint density at radius 1 is 1.11 bits per heavy atom. The van der Waals surface area contributed by atoms with Gasteiger partial charge in [-0.05, 0) is 36.8 Å².